The van der Waals surface area contributed by atoms with Crippen LogP contribution in [-0.2, 0) is 14.3 Å². The topological polar surface area (TPSA) is 149 Å². The molecule has 9 nitrogen and oxygen atoms in total. The number of carbonyl (C=O) groups is 1. The molecule has 7 atom stereocenters. The highest BCUT2D eigenvalue weighted by Crippen LogP contribution is 2.23. The number of amides is 1. The van der Waals surface area contributed by atoms with E-state index in [1.807, 2.05) is 0 Å². The van der Waals surface area contributed by atoms with Gasteiger partial charge in [0, 0.05) is 6.42 Å². The van der Waals surface area contributed by atoms with E-state index >= 15 is 0 Å². The maximum absolute atomic E-state index is 12.8. The van der Waals surface area contributed by atoms with E-state index in [-0.39, 0.29) is 12.5 Å². The molecule has 0 bridgehead atoms. The number of hydrogen-bond donors (Lipinski definition) is 6. The summed E-state index contributed by atoms with van der Waals surface area (Å²) in [5.74, 6) is -0.160. The van der Waals surface area contributed by atoms with Crippen LogP contribution >= 0.6 is 0 Å². The Balaban J connectivity index is 2.32. The van der Waals surface area contributed by atoms with Crippen LogP contribution in [0.2, 0.25) is 0 Å². The Kier molecular flexibility index (Phi) is 27.5. The van der Waals surface area contributed by atoms with Gasteiger partial charge in [0.15, 0.2) is 6.29 Å². The van der Waals surface area contributed by atoms with Crippen molar-refractivity contribution in [1.29, 1.82) is 0 Å². The number of aliphatic hydroxyl groups excluding tert-OH is 5. The quantitative estimate of drug-likeness (QED) is 0.0381. The van der Waals surface area contributed by atoms with Crippen LogP contribution < -0.4 is 5.32 Å². The van der Waals surface area contributed by atoms with E-state index in [1.54, 1.807) is 0 Å². The molecule has 47 heavy (non-hydrogen) atoms. The predicted molar refractivity (Wildman–Crippen MR) is 189 cm³/mol. The van der Waals surface area contributed by atoms with Crippen molar-refractivity contribution in [2.45, 2.75) is 198 Å². The molecule has 0 aliphatic carbocycles. The highest BCUT2D eigenvalue weighted by molar-refractivity contribution is 5.76. The van der Waals surface area contributed by atoms with Crippen LogP contribution in [0, 0.1) is 0 Å². The molecular formula is C38H71NO8. The van der Waals surface area contributed by atoms with E-state index in [0.29, 0.717) is 12.8 Å². The molecule has 6 N–H and O–H groups in total. The second-order valence-electron chi connectivity index (χ2n) is 13.4. The summed E-state index contributed by atoms with van der Waals surface area (Å²) < 4.78 is 11.1. The number of carbonyl (C=O) groups excluding carboxylic acids is 1. The Morgan fingerprint density at radius 2 is 1.26 bits per heavy atom. The molecule has 0 aromatic heterocycles. The minimum atomic E-state index is -1.55. The third kappa shape index (κ3) is 21.4. The molecule has 1 heterocycles. The number of hydrogen-bond acceptors (Lipinski definition) is 8. The van der Waals surface area contributed by atoms with Crippen molar-refractivity contribution in [3.8, 4) is 0 Å². The van der Waals surface area contributed by atoms with Crippen molar-refractivity contribution in [3.05, 3.63) is 24.3 Å². The zero-order valence-electron chi connectivity index (χ0n) is 29.8. The summed E-state index contributed by atoms with van der Waals surface area (Å²) in [6.07, 6.45) is 25.0. The minimum absolute atomic E-state index is 0.142. The summed E-state index contributed by atoms with van der Waals surface area (Å²) in [4.78, 5) is 12.8. The molecule has 1 aliphatic heterocycles. The van der Waals surface area contributed by atoms with Crippen LogP contribution in [0.5, 0.6) is 0 Å². The van der Waals surface area contributed by atoms with E-state index in [4.69, 9.17) is 9.47 Å². The molecule has 0 aromatic carbocycles. The van der Waals surface area contributed by atoms with E-state index < -0.39 is 49.5 Å². The molecule has 7 unspecified atom stereocenters. The maximum Gasteiger partial charge on any atom is 0.220 e. The first kappa shape index (κ1) is 43.7. The van der Waals surface area contributed by atoms with Crippen molar-refractivity contribution < 1.29 is 39.8 Å². The molecule has 1 fully saturated rings. The average molecular weight is 670 g/mol. The zero-order chi connectivity index (χ0) is 34.5. The molecule has 9 heteroatoms. The number of allylic oxidation sites excluding steroid dienone is 4. The first-order valence-electron chi connectivity index (χ1n) is 19.0. The van der Waals surface area contributed by atoms with Crippen molar-refractivity contribution >= 4 is 5.91 Å². The van der Waals surface area contributed by atoms with Crippen LogP contribution in [-0.4, -0.2) is 87.5 Å². The second-order valence-corrected chi connectivity index (χ2v) is 13.4. The SMILES string of the molecule is CCCCCC/C=C\C/C=C\CCCCCCCCCC(=O)NC(COC1OC(CO)C(O)C(O)C1O)C(O)CCCCCCCC. The van der Waals surface area contributed by atoms with Gasteiger partial charge in [-0.1, -0.05) is 128 Å². The summed E-state index contributed by atoms with van der Waals surface area (Å²) >= 11 is 0. The summed E-state index contributed by atoms with van der Waals surface area (Å²) in [5, 5.41) is 53.7. The molecule has 276 valence electrons. The fourth-order valence-corrected chi connectivity index (χ4v) is 5.89. The lowest BCUT2D eigenvalue weighted by Crippen LogP contribution is -2.60. The van der Waals surface area contributed by atoms with Gasteiger partial charge in [0.25, 0.3) is 0 Å². The first-order valence-corrected chi connectivity index (χ1v) is 19.0. The summed E-state index contributed by atoms with van der Waals surface area (Å²) in [5.41, 5.74) is 0. The highest BCUT2D eigenvalue weighted by atomic mass is 16.7. The fraction of sp³-hybridized carbons (Fsp3) is 0.868. The van der Waals surface area contributed by atoms with Gasteiger partial charge in [0.1, 0.15) is 24.4 Å². The van der Waals surface area contributed by atoms with Crippen LogP contribution in [0.15, 0.2) is 24.3 Å². The van der Waals surface area contributed by atoms with Gasteiger partial charge < -0.3 is 40.3 Å². The Bertz CT molecular complexity index is 792. The Morgan fingerprint density at radius 1 is 0.723 bits per heavy atom. The zero-order valence-corrected chi connectivity index (χ0v) is 29.8. The van der Waals surface area contributed by atoms with Gasteiger partial charge in [0.2, 0.25) is 5.91 Å². The van der Waals surface area contributed by atoms with Crippen molar-refractivity contribution in [2.24, 2.45) is 0 Å². The molecule has 1 aliphatic rings. The molecule has 0 saturated carbocycles. The van der Waals surface area contributed by atoms with Gasteiger partial charge in [0.05, 0.1) is 25.4 Å². The van der Waals surface area contributed by atoms with Crippen LogP contribution in [0.3, 0.4) is 0 Å². The largest absolute Gasteiger partial charge is 0.394 e. The summed E-state index contributed by atoms with van der Waals surface area (Å²) in [6.45, 7) is 3.72. The highest BCUT2D eigenvalue weighted by Gasteiger charge is 2.44. The smallest absolute Gasteiger partial charge is 0.220 e. The van der Waals surface area contributed by atoms with Crippen molar-refractivity contribution in [3.63, 3.8) is 0 Å². The molecule has 1 saturated heterocycles. The van der Waals surface area contributed by atoms with Crippen molar-refractivity contribution in [1.82, 2.24) is 5.32 Å². The van der Waals surface area contributed by atoms with E-state index in [1.165, 1.54) is 77.0 Å². The van der Waals surface area contributed by atoms with Gasteiger partial charge in [-0.25, -0.2) is 0 Å². The number of aliphatic hydroxyl groups is 5. The normalized spacial score (nSPS) is 23.1. The third-order valence-corrected chi connectivity index (χ3v) is 9.06. The molecule has 0 aromatic rings. The standard InChI is InChI=1S/C38H71NO8/c1-3-5-7-9-11-12-13-14-15-16-17-18-19-20-21-22-24-26-28-34(42)39-31(32(41)27-25-23-10-8-6-4-2)30-46-38-37(45)36(44)35(43)33(29-40)47-38/h12-13,15-16,31-33,35-38,40-41,43-45H,3-11,14,17-30H2,1-2H3,(H,39,42)/b13-12-,16-15-. The van der Waals surface area contributed by atoms with E-state index in [2.05, 4.69) is 43.5 Å². The Morgan fingerprint density at radius 3 is 1.85 bits per heavy atom. The fourth-order valence-electron chi connectivity index (χ4n) is 5.89. The lowest BCUT2D eigenvalue weighted by Gasteiger charge is -2.40. The van der Waals surface area contributed by atoms with E-state index in [0.717, 1.165) is 51.4 Å². The number of rotatable bonds is 30. The Hall–Kier alpha value is -1.33. The van der Waals surface area contributed by atoms with Gasteiger partial charge in [-0.05, 0) is 44.9 Å². The number of unbranched alkanes of at least 4 members (excludes halogenated alkanes) is 16. The van der Waals surface area contributed by atoms with Crippen LogP contribution in [0.1, 0.15) is 155 Å². The van der Waals surface area contributed by atoms with Crippen LogP contribution in [0.25, 0.3) is 0 Å². The van der Waals surface area contributed by atoms with E-state index in [9.17, 15) is 30.3 Å². The van der Waals surface area contributed by atoms with Gasteiger partial charge in [-0.3, -0.25) is 4.79 Å². The molecule has 0 spiro atoms. The summed E-state index contributed by atoms with van der Waals surface area (Å²) in [7, 11) is 0. The third-order valence-electron chi connectivity index (χ3n) is 9.06. The van der Waals surface area contributed by atoms with Gasteiger partial charge >= 0.3 is 0 Å². The van der Waals surface area contributed by atoms with Crippen molar-refractivity contribution in [2.75, 3.05) is 13.2 Å². The van der Waals surface area contributed by atoms with Crippen LogP contribution in [0.4, 0.5) is 0 Å². The minimum Gasteiger partial charge on any atom is -0.394 e. The number of ether oxygens (including phenoxy) is 2. The van der Waals surface area contributed by atoms with Gasteiger partial charge in [-0.15, -0.1) is 0 Å². The predicted octanol–water partition coefficient (Wildman–Crippen LogP) is 6.38. The monoisotopic (exact) mass is 670 g/mol. The number of nitrogens with one attached hydrogen (secondary N) is 1. The maximum atomic E-state index is 12.8. The molecular weight excluding hydrogens is 598 g/mol. The lowest BCUT2D eigenvalue weighted by atomic mass is 9.99. The Labute approximate surface area is 286 Å². The average Bonchev–Trinajstić information content (AvgIpc) is 3.07. The summed E-state index contributed by atoms with van der Waals surface area (Å²) in [6, 6.07) is -0.717. The first-order chi connectivity index (χ1) is 22.8. The lowest BCUT2D eigenvalue weighted by molar-refractivity contribution is -0.302. The second kappa shape index (κ2) is 29.6. The molecule has 1 rings (SSSR count). The van der Waals surface area contributed by atoms with Gasteiger partial charge in [-0.2, -0.15) is 0 Å². The molecule has 0 radical (unpaired) electrons. The molecule has 1 amide bonds.